The summed E-state index contributed by atoms with van der Waals surface area (Å²) in [6.07, 6.45) is 2.52. The molecule has 0 aromatic rings. The Labute approximate surface area is 56.1 Å². The van der Waals surface area contributed by atoms with E-state index in [0.717, 1.165) is 12.7 Å². The number of hydrogen-bond donors (Lipinski definition) is 0. The summed E-state index contributed by atoms with van der Waals surface area (Å²) in [6, 6.07) is 0. The van der Waals surface area contributed by atoms with Crippen LogP contribution in [-0.4, -0.2) is 11.7 Å². The van der Waals surface area contributed by atoms with Gasteiger partial charge in [-0.2, -0.15) is 0 Å². The second-order valence-corrected chi connectivity index (χ2v) is 1.48. The van der Waals surface area contributed by atoms with Gasteiger partial charge in [-0.05, 0) is 11.8 Å². The van der Waals surface area contributed by atoms with E-state index in [2.05, 4.69) is 12.2 Å². The van der Waals surface area contributed by atoms with Crippen LogP contribution in [0.1, 0.15) is 26.7 Å². The fourth-order valence-electron chi connectivity index (χ4n) is 0. The van der Waals surface area contributed by atoms with Crippen molar-refractivity contribution in [2.45, 2.75) is 26.7 Å². The second-order valence-electron chi connectivity index (χ2n) is 1.15. The minimum Gasteiger partial charge on any atom is -0.303 e. The van der Waals surface area contributed by atoms with Crippen molar-refractivity contribution < 1.29 is 4.79 Å². The average molecular weight is 132 g/mol. The molecule has 0 aromatic heterocycles. The van der Waals surface area contributed by atoms with Crippen LogP contribution in [-0.2, 0) is 4.79 Å². The molecule has 0 fully saturated rings. The van der Waals surface area contributed by atoms with Crippen molar-refractivity contribution >= 4 is 23.9 Å². The van der Waals surface area contributed by atoms with Gasteiger partial charge in [-0.3, -0.25) is 0 Å². The molecule has 0 N–H and O–H groups in total. The van der Waals surface area contributed by atoms with E-state index in [1.165, 1.54) is 0 Å². The maximum Gasteiger partial charge on any atom is 0.119 e. The van der Waals surface area contributed by atoms with Crippen LogP contribution >= 0.6 is 12.2 Å². The molecular formula is C6H12OS. The lowest BCUT2D eigenvalue weighted by Crippen LogP contribution is -1.55. The van der Waals surface area contributed by atoms with Gasteiger partial charge in [-0.25, -0.2) is 0 Å². The number of carbonyl (C=O) groups excluding carboxylic acids is 1. The van der Waals surface area contributed by atoms with Gasteiger partial charge in [0.1, 0.15) is 6.29 Å². The predicted octanol–water partition coefficient (Wildman–Crippen LogP) is 1.99. The van der Waals surface area contributed by atoms with Gasteiger partial charge in [-0.15, -0.1) is 0 Å². The topological polar surface area (TPSA) is 17.1 Å². The van der Waals surface area contributed by atoms with Gasteiger partial charge in [0.15, 0.2) is 0 Å². The van der Waals surface area contributed by atoms with Gasteiger partial charge in [0.2, 0.25) is 0 Å². The molecule has 0 aliphatic carbocycles. The molecule has 1 nitrogen and oxygen atoms in total. The van der Waals surface area contributed by atoms with Crippen LogP contribution in [0.4, 0.5) is 0 Å². The van der Waals surface area contributed by atoms with Gasteiger partial charge in [-0.1, -0.05) is 26.1 Å². The summed E-state index contributed by atoms with van der Waals surface area (Å²) in [6.45, 7) is 3.83. The van der Waals surface area contributed by atoms with Crippen molar-refractivity contribution in [1.29, 1.82) is 0 Å². The van der Waals surface area contributed by atoms with E-state index in [1.54, 1.807) is 5.37 Å². The van der Waals surface area contributed by atoms with E-state index < -0.39 is 0 Å². The lowest BCUT2D eigenvalue weighted by Gasteiger charge is -1.55. The van der Waals surface area contributed by atoms with Crippen LogP contribution in [0.3, 0.4) is 0 Å². The van der Waals surface area contributed by atoms with Crippen molar-refractivity contribution in [3.8, 4) is 0 Å². The Kier molecular flexibility index (Phi) is 21.2. The largest absolute Gasteiger partial charge is 0.303 e. The fraction of sp³-hybridized carbons (Fsp3) is 0.667. The molecule has 2 heteroatoms. The van der Waals surface area contributed by atoms with Crippen molar-refractivity contribution in [2.75, 3.05) is 0 Å². The molecule has 0 aliphatic heterocycles. The highest BCUT2D eigenvalue weighted by atomic mass is 32.1. The van der Waals surface area contributed by atoms with E-state index in [0.29, 0.717) is 6.42 Å². The van der Waals surface area contributed by atoms with E-state index in [1.807, 2.05) is 13.8 Å². The molecule has 0 amide bonds. The summed E-state index contributed by atoms with van der Waals surface area (Å²) in [5.74, 6) is 0. The molecule has 8 heavy (non-hydrogen) atoms. The van der Waals surface area contributed by atoms with Crippen LogP contribution in [0, 0.1) is 0 Å². The first-order chi connectivity index (χ1) is 3.83. The molecule has 0 saturated heterocycles. The normalized spacial score (nSPS) is 6.25. The summed E-state index contributed by atoms with van der Waals surface area (Å²) < 4.78 is 0. The molecule has 0 rings (SSSR count). The molecule has 0 bridgehead atoms. The van der Waals surface area contributed by atoms with Crippen LogP contribution in [0.15, 0.2) is 0 Å². The summed E-state index contributed by atoms with van der Waals surface area (Å²) in [4.78, 5) is 9.17. The molecule has 0 atom stereocenters. The number of hydrogen-bond acceptors (Lipinski definition) is 2. The molecule has 48 valence electrons. The molecule has 0 unspecified atom stereocenters. The number of thiocarbonyl (C=S) groups is 1. The minimum absolute atomic E-state index is 0.639. The molecule has 0 aromatic carbocycles. The lowest BCUT2D eigenvalue weighted by atomic mass is 10.6. The highest BCUT2D eigenvalue weighted by molar-refractivity contribution is 7.78. The van der Waals surface area contributed by atoms with Gasteiger partial charge in [0.05, 0.1) is 0 Å². The summed E-state index contributed by atoms with van der Waals surface area (Å²) in [5, 5.41) is 1.71. The highest BCUT2D eigenvalue weighted by Crippen LogP contribution is 1.59. The van der Waals surface area contributed by atoms with Gasteiger partial charge >= 0.3 is 0 Å². The Hall–Kier alpha value is -0.240. The first-order valence-electron chi connectivity index (χ1n) is 2.70. The monoisotopic (exact) mass is 132 g/mol. The van der Waals surface area contributed by atoms with Crippen molar-refractivity contribution in [3.63, 3.8) is 0 Å². The van der Waals surface area contributed by atoms with Crippen molar-refractivity contribution in [3.05, 3.63) is 0 Å². The van der Waals surface area contributed by atoms with Gasteiger partial charge in [0, 0.05) is 6.42 Å². The van der Waals surface area contributed by atoms with Crippen LogP contribution in [0.25, 0.3) is 0 Å². The van der Waals surface area contributed by atoms with E-state index in [4.69, 9.17) is 0 Å². The Morgan fingerprint density at radius 2 is 1.62 bits per heavy atom. The molecule has 0 aliphatic rings. The quantitative estimate of drug-likeness (QED) is 0.422. The Balaban J connectivity index is 0. The third-order valence-electron chi connectivity index (χ3n) is 0.333. The Morgan fingerprint density at radius 3 is 1.62 bits per heavy atom. The SMILES string of the molecule is CCC=O.CCC=S. The van der Waals surface area contributed by atoms with E-state index in [-0.39, 0.29) is 0 Å². The number of carbonyl (C=O) groups is 1. The first kappa shape index (κ1) is 10.7. The number of aldehydes is 1. The van der Waals surface area contributed by atoms with E-state index >= 15 is 0 Å². The zero-order valence-electron chi connectivity index (χ0n) is 5.39. The Bertz CT molecular complexity index is 44.5. The van der Waals surface area contributed by atoms with Gasteiger partial charge < -0.3 is 4.79 Å². The van der Waals surface area contributed by atoms with Crippen molar-refractivity contribution in [2.24, 2.45) is 0 Å². The van der Waals surface area contributed by atoms with Crippen LogP contribution < -0.4 is 0 Å². The molecule has 0 radical (unpaired) electrons. The average Bonchev–Trinajstić information content (AvgIpc) is 1.88. The third kappa shape index (κ3) is 42.1. The molecule has 0 spiro atoms. The maximum absolute atomic E-state index is 9.17. The van der Waals surface area contributed by atoms with Crippen LogP contribution in [0.2, 0.25) is 0 Å². The third-order valence-corrected chi connectivity index (χ3v) is 0.667. The summed E-state index contributed by atoms with van der Waals surface area (Å²) in [5.41, 5.74) is 0. The summed E-state index contributed by atoms with van der Waals surface area (Å²) in [7, 11) is 0. The standard InChI is InChI=1S/C3H6O.C3H6S/c2*1-2-3-4/h2*3H,2H2,1H3. The molecule has 0 saturated carbocycles. The minimum atomic E-state index is 0.639. The zero-order valence-corrected chi connectivity index (χ0v) is 6.20. The molecule has 0 heterocycles. The summed E-state index contributed by atoms with van der Waals surface area (Å²) >= 11 is 4.43. The number of rotatable bonds is 2. The van der Waals surface area contributed by atoms with Gasteiger partial charge in [0.25, 0.3) is 0 Å². The Morgan fingerprint density at radius 1 is 1.38 bits per heavy atom. The maximum atomic E-state index is 9.17. The van der Waals surface area contributed by atoms with Crippen LogP contribution in [0.5, 0.6) is 0 Å². The predicted molar refractivity (Wildman–Crippen MR) is 40.3 cm³/mol. The van der Waals surface area contributed by atoms with Crippen molar-refractivity contribution in [1.82, 2.24) is 0 Å². The molecular weight excluding hydrogens is 120 g/mol. The first-order valence-corrected chi connectivity index (χ1v) is 3.17. The zero-order chi connectivity index (χ0) is 6.83. The highest BCUT2D eigenvalue weighted by Gasteiger charge is 1.52. The smallest absolute Gasteiger partial charge is 0.119 e. The second kappa shape index (κ2) is 15.9. The lowest BCUT2D eigenvalue weighted by molar-refractivity contribution is -0.107. The fourth-order valence-corrected chi connectivity index (χ4v) is 0. The van der Waals surface area contributed by atoms with E-state index in [9.17, 15) is 4.79 Å².